The van der Waals surface area contributed by atoms with Gasteiger partial charge in [-0.25, -0.2) is 0 Å². The molecular weight excluding hydrogens is 390 g/mol. The van der Waals surface area contributed by atoms with Crippen molar-refractivity contribution in [1.29, 1.82) is 0 Å². The molecule has 0 bridgehead atoms. The maximum atomic E-state index is 12.1. The van der Waals surface area contributed by atoms with Crippen LogP contribution in [-0.4, -0.2) is 25.1 Å². The number of benzene rings is 2. The molecule has 0 unspecified atom stereocenters. The lowest BCUT2D eigenvalue weighted by atomic mass is 9.87. The Morgan fingerprint density at radius 3 is 2.35 bits per heavy atom. The fourth-order valence-electron chi connectivity index (χ4n) is 3.89. The number of amides is 1. The lowest BCUT2D eigenvalue weighted by molar-refractivity contribution is -0.144. The first kappa shape index (κ1) is 22.9. The number of nitrogens with one attached hydrogen (secondary N) is 1. The number of esters is 1. The number of hydrogen-bond donors (Lipinski definition) is 1. The number of rotatable bonds is 11. The van der Waals surface area contributed by atoms with E-state index in [0.717, 1.165) is 30.3 Å². The highest BCUT2D eigenvalue weighted by Gasteiger charge is 2.13. The fraction of sp³-hybridized carbons (Fsp3) is 0.462. The normalized spacial score (nSPS) is 14.1. The molecule has 0 aliphatic heterocycles. The molecule has 31 heavy (non-hydrogen) atoms. The molecule has 1 saturated carbocycles. The highest BCUT2D eigenvalue weighted by molar-refractivity contribution is 5.92. The Labute approximate surface area is 185 Å². The topological polar surface area (TPSA) is 64.6 Å². The van der Waals surface area contributed by atoms with E-state index in [4.69, 9.17) is 9.47 Å². The van der Waals surface area contributed by atoms with Crippen LogP contribution in [0.1, 0.15) is 56.9 Å². The molecule has 3 rings (SSSR count). The second-order valence-electron chi connectivity index (χ2n) is 8.17. The molecule has 0 aromatic heterocycles. The molecule has 1 amide bonds. The Bertz CT molecular complexity index is 798. The average molecular weight is 424 g/mol. The fourth-order valence-corrected chi connectivity index (χ4v) is 3.89. The SMILES string of the molecule is O=C(CCC(=O)OCCc1ccccc1)Nc1ccc(OCCC2CCCCC2)cc1. The Kier molecular flexibility index (Phi) is 9.42. The van der Waals surface area contributed by atoms with Gasteiger partial charge in [0.2, 0.25) is 5.91 Å². The van der Waals surface area contributed by atoms with Crippen molar-refractivity contribution in [3.8, 4) is 5.75 Å². The summed E-state index contributed by atoms with van der Waals surface area (Å²) < 4.78 is 11.1. The zero-order chi connectivity index (χ0) is 21.7. The number of carbonyl (C=O) groups excluding carboxylic acids is 2. The lowest BCUT2D eigenvalue weighted by Crippen LogP contribution is -2.15. The van der Waals surface area contributed by atoms with Crippen LogP contribution in [0, 0.1) is 5.92 Å². The van der Waals surface area contributed by atoms with Gasteiger partial charge in [-0.05, 0) is 42.2 Å². The third-order valence-corrected chi connectivity index (χ3v) is 5.71. The number of ether oxygens (including phenoxy) is 2. The van der Waals surface area contributed by atoms with E-state index in [0.29, 0.717) is 18.7 Å². The van der Waals surface area contributed by atoms with E-state index in [1.54, 1.807) is 0 Å². The van der Waals surface area contributed by atoms with Gasteiger partial charge in [0.1, 0.15) is 5.75 Å². The van der Waals surface area contributed by atoms with Crippen molar-refractivity contribution < 1.29 is 19.1 Å². The molecule has 2 aromatic rings. The molecule has 1 N–H and O–H groups in total. The van der Waals surface area contributed by atoms with Crippen molar-refractivity contribution in [3.63, 3.8) is 0 Å². The van der Waals surface area contributed by atoms with Crippen molar-refractivity contribution >= 4 is 17.6 Å². The summed E-state index contributed by atoms with van der Waals surface area (Å²) in [4.78, 5) is 23.9. The van der Waals surface area contributed by atoms with Gasteiger partial charge in [-0.2, -0.15) is 0 Å². The van der Waals surface area contributed by atoms with E-state index in [-0.39, 0.29) is 24.7 Å². The van der Waals surface area contributed by atoms with Crippen molar-refractivity contribution in [2.24, 2.45) is 5.92 Å². The summed E-state index contributed by atoms with van der Waals surface area (Å²) in [5, 5.41) is 2.81. The standard InChI is InChI=1S/C26H33NO4/c28-25(15-16-26(29)31-20-18-22-9-5-2-6-10-22)27-23-11-13-24(14-12-23)30-19-17-21-7-3-1-4-8-21/h2,5-6,9-14,21H,1,3-4,7-8,15-20H2,(H,27,28). The molecule has 0 saturated heterocycles. The van der Waals surface area contributed by atoms with Gasteiger partial charge < -0.3 is 14.8 Å². The van der Waals surface area contributed by atoms with Crippen molar-refractivity contribution in [2.45, 2.75) is 57.8 Å². The molecule has 166 valence electrons. The van der Waals surface area contributed by atoms with Gasteiger partial charge in [0, 0.05) is 18.5 Å². The molecule has 0 atom stereocenters. The molecule has 0 spiro atoms. The van der Waals surface area contributed by atoms with Gasteiger partial charge in [0.25, 0.3) is 0 Å². The van der Waals surface area contributed by atoms with E-state index < -0.39 is 0 Å². The summed E-state index contributed by atoms with van der Waals surface area (Å²) >= 11 is 0. The van der Waals surface area contributed by atoms with Gasteiger partial charge in [-0.1, -0.05) is 62.4 Å². The Morgan fingerprint density at radius 1 is 0.871 bits per heavy atom. The van der Waals surface area contributed by atoms with Crippen LogP contribution >= 0.6 is 0 Å². The number of carbonyl (C=O) groups is 2. The van der Waals surface area contributed by atoms with Gasteiger partial charge in [0.05, 0.1) is 19.6 Å². The molecule has 1 fully saturated rings. The quantitative estimate of drug-likeness (QED) is 0.482. The second-order valence-corrected chi connectivity index (χ2v) is 8.17. The van der Waals surface area contributed by atoms with Gasteiger partial charge >= 0.3 is 5.97 Å². The van der Waals surface area contributed by atoms with Gasteiger partial charge in [-0.3, -0.25) is 9.59 Å². The van der Waals surface area contributed by atoms with Gasteiger partial charge in [-0.15, -0.1) is 0 Å². The molecule has 5 nitrogen and oxygen atoms in total. The summed E-state index contributed by atoms with van der Waals surface area (Å²) in [7, 11) is 0. The lowest BCUT2D eigenvalue weighted by Gasteiger charge is -2.21. The predicted molar refractivity (Wildman–Crippen MR) is 122 cm³/mol. The number of hydrogen-bond acceptors (Lipinski definition) is 4. The van der Waals surface area contributed by atoms with Crippen LogP contribution in [0.4, 0.5) is 5.69 Å². The summed E-state index contributed by atoms with van der Waals surface area (Å²) in [5.74, 6) is 1.06. The highest BCUT2D eigenvalue weighted by atomic mass is 16.5. The smallest absolute Gasteiger partial charge is 0.306 e. The molecular formula is C26H33NO4. The van der Waals surface area contributed by atoms with Crippen molar-refractivity contribution in [2.75, 3.05) is 18.5 Å². The van der Waals surface area contributed by atoms with E-state index >= 15 is 0 Å². The molecule has 0 heterocycles. The van der Waals surface area contributed by atoms with Crippen LogP contribution < -0.4 is 10.1 Å². The van der Waals surface area contributed by atoms with Crippen LogP contribution in [0.3, 0.4) is 0 Å². The van der Waals surface area contributed by atoms with E-state index in [1.807, 2.05) is 54.6 Å². The largest absolute Gasteiger partial charge is 0.494 e. The maximum Gasteiger partial charge on any atom is 0.306 e. The minimum atomic E-state index is -0.354. The maximum absolute atomic E-state index is 12.1. The van der Waals surface area contributed by atoms with E-state index in [1.165, 1.54) is 32.1 Å². The zero-order valence-corrected chi connectivity index (χ0v) is 18.2. The summed E-state index contributed by atoms with van der Waals surface area (Å²) in [6, 6.07) is 17.2. The molecule has 5 heteroatoms. The monoisotopic (exact) mass is 423 g/mol. The van der Waals surface area contributed by atoms with Gasteiger partial charge in [0.15, 0.2) is 0 Å². The van der Waals surface area contributed by atoms with Crippen molar-refractivity contribution in [1.82, 2.24) is 0 Å². The molecule has 1 aliphatic carbocycles. The third kappa shape index (κ3) is 8.83. The minimum Gasteiger partial charge on any atom is -0.494 e. The van der Waals surface area contributed by atoms with E-state index in [9.17, 15) is 9.59 Å². The highest BCUT2D eigenvalue weighted by Crippen LogP contribution is 2.26. The van der Waals surface area contributed by atoms with Crippen LogP contribution in [-0.2, 0) is 20.7 Å². The molecule has 0 radical (unpaired) electrons. The Hall–Kier alpha value is -2.82. The summed E-state index contributed by atoms with van der Waals surface area (Å²) in [6.07, 6.45) is 8.69. The van der Waals surface area contributed by atoms with Crippen LogP contribution in [0.15, 0.2) is 54.6 Å². The first-order chi connectivity index (χ1) is 15.2. The summed E-state index contributed by atoms with van der Waals surface area (Å²) in [6.45, 7) is 1.06. The average Bonchev–Trinajstić information content (AvgIpc) is 2.80. The Balaban J connectivity index is 1.28. The molecule has 1 aliphatic rings. The second kappa shape index (κ2) is 12.8. The first-order valence-electron chi connectivity index (χ1n) is 11.4. The minimum absolute atomic E-state index is 0.0724. The van der Waals surface area contributed by atoms with Crippen molar-refractivity contribution in [3.05, 3.63) is 60.2 Å². The van der Waals surface area contributed by atoms with Crippen LogP contribution in [0.2, 0.25) is 0 Å². The van der Waals surface area contributed by atoms with E-state index in [2.05, 4.69) is 5.32 Å². The number of anilines is 1. The van der Waals surface area contributed by atoms with Crippen LogP contribution in [0.25, 0.3) is 0 Å². The predicted octanol–water partition coefficient (Wildman–Crippen LogP) is 5.54. The first-order valence-corrected chi connectivity index (χ1v) is 11.4. The zero-order valence-electron chi connectivity index (χ0n) is 18.2. The molecule has 2 aromatic carbocycles. The Morgan fingerprint density at radius 2 is 1.61 bits per heavy atom. The third-order valence-electron chi connectivity index (χ3n) is 5.71. The van der Waals surface area contributed by atoms with Crippen LogP contribution in [0.5, 0.6) is 5.75 Å². The summed E-state index contributed by atoms with van der Waals surface area (Å²) in [5.41, 5.74) is 1.82.